The molecular formula is C19H15ClN4O3S. The number of halogens is 1. The topological polar surface area (TPSA) is 97.0 Å². The van der Waals surface area contributed by atoms with Gasteiger partial charge in [0.15, 0.2) is 16.7 Å². The van der Waals surface area contributed by atoms with Crippen molar-refractivity contribution < 1.29 is 13.6 Å². The summed E-state index contributed by atoms with van der Waals surface area (Å²) >= 11 is 7.22. The molecule has 4 heterocycles. The van der Waals surface area contributed by atoms with E-state index >= 15 is 0 Å². The quantitative estimate of drug-likeness (QED) is 0.408. The van der Waals surface area contributed by atoms with Gasteiger partial charge in [0, 0.05) is 18.4 Å². The van der Waals surface area contributed by atoms with E-state index in [9.17, 15) is 4.79 Å². The zero-order chi connectivity index (χ0) is 19.3. The van der Waals surface area contributed by atoms with Crippen LogP contribution in [-0.2, 0) is 4.79 Å². The molecule has 0 bridgehead atoms. The van der Waals surface area contributed by atoms with Crippen molar-refractivity contribution in [2.45, 2.75) is 11.6 Å². The van der Waals surface area contributed by atoms with E-state index in [4.69, 9.17) is 20.4 Å². The molecule has 4 aromatic rings. The summed E-state index contributed by atoms with van der Waals surface area (Å²) in [6.45, 7) is 0. The van der Waals surface area contributed by atoms with Gasteiger partial charge in [-0.1, -0.05) is 23.4 Å². The van der Waals surface area contributed by atoms with Gasteiger partial charge in [0.1, 0.15) is 17.2 Å². The SMILES string of the molecule is O=C(CCSc1nc(-c2ccco2)c(-c2ccco2)[nH]1)Nc1ccc(Cl)cn1. The highest BCUT2D eigenvalue weighted by Crippen LogP contribution is 2.33. The van der Waals surface area contributed by atoms with E-state index in [1.165, 1.54) is 18.0 Å². The summed E-state index contributed by atoms with van der Waals surface area (Å²) in [7, 11) is 0. The number of pyridine rings is 1. The lowest BCUT2D eigenvalue weighted by Gasteiger charge is -2.03. The Balaban J connectivity index is 1.40. The van der Waals surface area contributed by atoms with Crippen molar-refractivity contribution in [2.75, 3.05) is 11.1 Å². The lowest BCUT2D eigenvalue weighted by molar-refractivity contribution is -0.115. The number of H-pyrrole nitrogens is 1. The highest BCUT2D eigenvalue weighted by Gasteiger charge is 2.18. The van der Waals surface area contributed by atoms with Crippen LogP contribution in [0.25, 0.3) is 22.9 Å². The van der Waals surface area contributed by atoms with Gasteiger partial charge in [0.2, 0.25) is 5.91 Å². The van der Waals surface area contributed by atoms with E-state index in [-0.39, 0.29) is 5.91 Å². The Hall–Kier alpha value is -2.97. The van der Waals surface area contributed by atoms with Gasteiger partial charge >= 0.3 is 0 Å². The Morgan fingerprint density at radius 3 is 2.61 bits per heavy atom. The molecule has 0 spiro atoms. The van der Waals surface area contributed by atoms with Crippen LogP contribution in [0.5, 0.6) is 0 Å². The predicted octanol–water partition coefficient (Wildman–Crippen LogP) is 5.10. The average Bonchev–Trinajstić information content (AvgIpc) is 3.44. The van der Waals surface area contributed by atoms with Crippen molar-refractivity contribution in [3.63, 3.8) is 0 Å². The van der Waals surface area contributed by atoms with E-state index in [0.29, 0.717) is 45.4 Å². The van der Waals surface area contributed by atoms with E-state index in [1.807, 2.05) is 18.2 Å². The number of amides is 1. The number of nitrogens with zero attached hydrogens (tertiary/aromatic N) is 2. The molecule has 0 saturated carbocycles. The summed E-state index contributed by atoms with van der Waals surface area (Å²) in [6.07, 6.45) is 4.99. The molecule has 0 unspecified atom stereocenters. The van der Waals surface area contributed by atoms with Crippen molar-refractivity contribution in [3.05, 3.63) is 60.1 Å². The lowest BCUT2D eigenvalue weighted by Crippen LogP contribution is -2.13. The molecule has 4 aromatic heterocycles. The highest BCUT2D eigenvalue weighted by atomic mass is 35.5. The predicted molar refractivity (Wildman–Crippen MR) is 107 cm³/mol. The minimum absolute atomic E-state index is 0.133. The van der Waals surface area contributed by atoms with E-state index in [1.54, 1.807) is 30.7 Å². The second-order valence-electron chi connectivity index (χ2n) is 5.73. The number of nitrogens with one attached hydrogen (secondary N) is 2. The number of aromatic nitrogens is 3. The molecule has 0 radical (unpaired) electrons. The molecular weight excluding hydrogens is 400 g/mol. The number of hydrogen-bond donors (Lipinski definition) is 2. The van der Waals surface area contributed by atoms with Crippen molar-refractivity contribution >= 4 is 35.1 Å². The van der Waals surface area contributed by atoms with E-state index in [2.05, 4.69) is 20.3 Å². The molecule has 0 fully saturated rings. The van der Waals surface area contributed by atoms with Gasteiger partial charge in [-0.25, -0.2) is 9.97 Å². The Morgan fingerprint density at radius 1 is 1.14 bits per heavy atom. The van der Waals surface area contributed by atoms with Gasteiger partial charge in [-0.05, 0) is 36.4 Å². The fraction of sp³-hybridized carbons (Fsp3) is 0.105. The van der Waals surface area contributed by atoms with Crippen molar-refractivity contribution in [1.82, 2.24) is 15.0 Å². The number of imidazole rings is 1. The van der Waals surface area contributed by atoms with Crippen LogP contribution in [0, 0.1) is 0 Å². The summed E-state index contributed by atoms with van der Waals surface area (Å²) in [5.74, 6) is 2.18. The summed E-state index contributed by atoms with van der Waals surface area (Å²) in [5.41, 5.74) is 1.40. The third kappa shape index (κ3) is 4.29. The molecule has 0 saturated heterocycles. The van der Waals surface area contributed by atoms with Crippen LogP contribution in [0.1, 0.15) is 6.42 Å². The van der Waals surface area contributed by atoms with Crippen LogP contribution >= 0.6 is 23.4 Å². The van der Waals surface area contributed by atoms with Crippen LogP contribution in [0.2, 0.25) is 5.02 Å². The minimum Gasteiger partial charge on any atom is -0.463 e. The van der Waals surface area contributed by atoms with Crippen LogP contribution in [-0.4, -0.2) is 26.6 Å². The molecule has 0 aliphatic heterocycles. The number of carbonyl (C=O) groups excluding carboxylic acids is 1. The van der Waals surface area contributed by atoms with Crippen LogP contribution in [0.15, 0.2) is 69.1 Å². The van der Waals surface area contributed by atoms with Gasteiger partial charge in [-0.15, -0.1) is 0 Å². The van der Waals surface area contributed by atoms with Crippen molar-refractivity contribution in [3.8, 4) is 22.9 Å². The van der Waals surface area contributed by atoms with Gasteiger partial charge in [0.25, 0.3) is 0 Å². The van der Waals surface area contributed by atoms with E-state index in [0.717, 1.165) is 5.69 Å². The molecule has 7 nitrogen and oxygen atoms in total. The third-order valence-corrected chi connectivity index (χ3v) is 4.87. The number of rotatable bonds is 7. The van der Waals surface area contributed by atoms with Gasteiger partial charge in [-0.2, -0.15) is 0 Å². The average molecular weight is 415 g/mol. The largest absolute Gasteiger partial charge is 0.463 e. The monoisotopic (exact) mass is 414 g/mol. The highest BCUT2D eigenvalue weighted by molar-refractivity contribution is 7.99. The molecule has 0 aromatic carbocycles. The maximum Gasteiger partial charge on any atom is 0.226 e. The normalized spacial score (nSPS) is 10.9. The van der Waals surface area contributed by atoms with Crippen molar-refractivity contribution in [2.24, 2.45) is 0 Å². The minimum atomic E-state index is -0.133. The Bertz CT molecular complexity index is 992. The first kappa shape index (κ1) is 18.4. The Morgan fingerprint density at radius 2 is 1.93 bits per heavy atom. The summed E-state index contributed by atoms with van der Waals surface area (Å²) in [5, 5.41) is 3.93. The molecule has 2 N–H and O–H groups in total. The van der Waals surface area contributed by atoms with Gasteiger partial charge < -0.3 is 19.1 Å². The summed E-state index contributed by atoms with van der Waals surface area (Å²) in [6, 6.07) is 10.6. The zero-order valence-electron chi connectivity index (χ0n) is 14.5. The molecule has 9 heteroatoms. The summed E-state index contributed by atoms with van der Waals surface area (Å²) in [4.78, 5) is 24.0. The molecule has 0 aliphatic carbocycles. The first-order chi connectivity index (χ1) is 13.7. The molecule has 1 amide bonds. The van der Waals surface area contributed by atoms with Crippen LogP contribution in [0.3, 0.4) is 0 Å². The lowest BCUT2D eigenvalue weighted by atomic mass is 10.2. The number of anilines is 1. The molecule has 4 rings (SSSR count). The maximum atomic E-state index is 12.1. The van der Waals surface area contributed by atoms with Crippen LogP contribution < -0.4 is 5.32 Å². The standard InChI is InChI=1S/C19H15ClN4O3S/c20-12-5-6-15(21-11-12)22-16(25)7-10-28-19-23-17(13-3-1-8-26-13)18(24-19)14-4-2-9-27-14/h1-6,8-9,11H,7,10H2,(H,23,24)(H,21,22,25). The molecule has 142 valence electrons. The Kier molecular flexibility index (Phi) is 5.50. The summed E-state index contributed by atoms with van der Waals surface area (Å²) < 4.78 is 11.0. The second-order valence-corrected chi connectivity index (χ2v) is 7.25. The Labute approximate surface area is 169 Å². The molecule has 0 aliphatic rings. The second kappa shape index (κ2) is 8.37. The zero-order valence-corrected chi connectivity index (χ0v) is 16.1. The first-order valence-corrected chi connectivity index (χ1v) is 9.77. The van der Waals surface area contributed by atoms with Crippen molar-refractivity contribution in [1.29, 1.82) is 0 Å². The van der Waals surface area contributed by atoms with Gasteiger partial charge in [-0.3, -0.25) is 4.79 Å². The molecule has 0 atom stereocenters. The smallest absolute Gasteiger partial charge is 0.226 e. The number of thioether (sulfide) groups is 1. The van der Waals surface area contributed by atoms with Gasteiger partial charge in [0.05, 0.1) is 17.5 Å². The maximum absolute atomic E-state index is 12.1. The number of furan rings is 2. The third-order valence-electron chi connectivity index (χ3n) is 3.77. The number of aromatic amines is 1. The fourth-order valence-corrected chi connectivity index (χ4v) is 3.43. The molecule has 28 heavy (non-hydrogen) atoms. The van der Waals surface area contributed by atoms with Crippen LogP contribution in [0.4, 0.5) is 5.82 Å². The number of hydrogen-bond acceptors (Lipinski definition) is 6. The number of carbonyl (C=O) groups is 1. The first-order valence-electron chi connectivity index (χ1n) is 8.41. The fourth-order valence-electron chi connectivity index (χ4n) is 2.51. The van der Waals surface area contributed by atoms with E-state index < -0.39 is 0 Å².